The maximum atomic E-state index is 6.35. The maximum Gasteiger partial charge on any atom is 0.119 e. The Morgan fingerprint density at radius 1 is 1.39 bits per heavy atom. The van der Waals surface area contributed by atoms with Crippen LogP contribution < -0.4 is 10.5 Å². The number of hydrogen-bond acceptors (Lipinski definition) is 3. The van der Waals surface area contributed by atoms with Crippen molar-refractivity contribution in [1.29, 1.82) is 0 Å². The van der Waals surface area contributed by atoms with Gasteiger partial charge in [-0.25, -0.2) is 0 Å². The molecule has 1 heterocycles. The van der Waals surface area contributed by atoms with E-state index in [-0.39, 0.29) is 18.4 Å². The van der Waals surface area contributed by atoms with E-state index in [9.17, 15) is 0 Å². The molecule has 0 radical (unpaired) electrons. The molecule has 1 aliphatic heterocycles. The second kappa shape index (κ2) is 7.34. The van der Waals surface area contributed by atoms with Crippen molar-refractivity contribution < 1.29 is 9.47 Å². The predicted octanol–water partition coefficient (Wildman–Crippen LogP) is 3.31. The minimum absolute atomic E-state index is 0. The Morgan fingerprint density at radius 3 is 2.67 bits per heavy atom. The third kappa shape index (κ3) is 3.60. The molecule has 1 aliphatic rings. The third-order valence-corrected chi connectivity index (χ3v) is 4.06. The van der Waals surface area contributed by atoms with Crippen molar-refractivity contribution in [3.63, 3.8) is 0 Å². The molecule has 0 amide bonds. The molecule has 5 heteroatoms. The third-order valence-electron chi connectivity index (χ3n) is 3.34. The van der Waals surface area contributed by atoms with Crippen LogP contribution in [0.3, 0.4) is 0 Å². The van der Waals surface area contributed by atoms with Crippen LogP contribution in [0.25, 0.3) is 0 Å². The lowest BCUT2D eigenvalue weighted by Crippen LogP contribution is -2.27. The number of halogens is 2. The van der Waals surface area contributed by atoms with Gasteiger partial charge in [0.1, 0.15) is 5.75 Å². The lowest BCUT2D eigenvalue weighted by atomic mass is 9.88. The van der Waals surface area contributed by atoms with Crippen molar-refractivity contribution in [2.24, 2.45) is 11.7 Å². The molecule has 2 rings (SSSR count). The van der Waals surface area contributed by atoms with E-state index >= 15 is 0 Å². The molecule has 0 unspecified atom stereocenters. The van der Waals surface area contributed by atoms with Gasteiger partial charge in [0, 0.05) is 23.7 Å². The number of methoxy groups -OCH3 is 1. The van der Waals surface area contributed by atoms with Gasteiger partial charge in [-0.1, -0.05) is 15.9 Å². The fraction of sp³-hybridized carbons (Fsp3) is 0.538. The van der Waals surface area contributed by atoms with Gasteiger partial charge in [-0.05, 0) is 42.5 Å². The number of ether oxygens (including phenoxy) is 2. The van der Waals surface area contributed by atoms with Gasteiger partial charge in [0.2, 0.25) is 0 Å². The second-order valence-corrected chi connectivity index (χ2v) is 5.22. The number of hydrogen-bond donors (Lipinski definition) is 1. The number of rotatable bonds is 3. The van der Waals surface area contributed by atoms with Crippen LogP contribution in [0.5, 0.6) is 5.75 Å². The molecule has 1 aromatic carbocycles. The van der Waals surface area contributed by atoms with E-state index in [0.29, 0.717) is 5.92 Å². The minimum atomic E-state index is 0. The first-order valence-corrected chi connectivity index (χ1v) is 6.68. The molecule has 1 aromatic rings. The summed E-state index contributed by atoms with van der Waals surface area (Å²) in [5, 5.41) is 0. The molecule has 0 saturated carbocycles. The van der Waals surface area contributed by atoms with E-state index in [1.807, 2.05) is 18.2 Å². The van der Waals surface area contributed by atoms with Crippen LogP contribution in [0, 0.1) is 5.92 Å². The monoisotopic (exact) mass is 335 g/mol. The highest BCUT2D eigenvalue weighted by Crippen LogP contribution is 2.34. The highest BCUT2D eigenvalue weighted by atomic mass is 79.9. The van der Waals surface area contributed by atoms with E-state index in [1.165, 1.54) is 0 Å². The van der Waals surface area contributed by atoms with Gasteiger partial charge in [-0.15, -0.1) is 12.4 Å². The summed E-state index contributed by atoms with van der Waals surface area (Å²) in [6.45, 7) is 1.64. The lowest BCUT2D eigenvalue weighted by Gasteiger charge is -2.28. The molecule has 1 atom stereocenters. The van der Waals surface area contributed by atoms with E-state index in [4.69, 9.17) is 15.2 Å². The fourth-order valence-electron chi connectivity index (χ4n) is 2.23. The Bertz CT molecular complexity index is 383. The Balaban J connectivity index is 0.00000162. The van der Waals surface area contributed by atoms with Gasteiger partial charge < -0.3 is 15.2 Å². The van der Waals surface area contributed by atoms with Crippen LogP contribution in [0.15, 0.2) is 22.7 Å². The zero-order chi connectivity index (χ0) is 12.3. The Kier molecular flexibility index (Phi) is 6.43. The van der Waals surface area contributed by atoms with Crippen LogP contribution in [0.1, 0.15) is 24.4 Å². The minimum Gasteiger partial charge on any atom is -0.497 e. The molecule has 0 aromatic heterocycles. The van der Waals surface area contributed by atoms with Crippen LogP contribution in [-0.4, -0.2) is 20.3 Å². The zero-order valence-electron chi connectivity index (χ0n) is 10.4. The van der Waals surface area contributed by atoms with Gasteiger partial charge in [-0.3, -0.25) is 0 Å². The average Bonchev–Trinajstić information content (AvgIpc) is 2.39. The smallest absolute Gasteiger partial charge is 0.119 e. The summed E-state index contributed by atoms with van der Waals surface area (Å²) in [6, 6.07) is 5.99. The van der Waals surface area contributed by atoms with E-state index in [1.54, 1.807) is 7.11 Å². The molecular weight excluding hydrogens is 318 g/mol. The lowest BCUT2D eigenvalue weighted by molar-refractivity contribution is 0.0583. The summed E-state index contributed by atoms with van der Waals surface area (Å²) in [5.74, 6) is 1.35. The van der Waals surface area contributed by atoms with Crippen LogP contribution in [0.4, 0.5) is 0 Å². The molecule has 0 spiro atoms. The summed E-state index contributed by atoms with van der Waals surface area (Å²) in [5.41, 5.74) is 7.47. The maximum absolute atomic E-state index is 6.35. The van der Waals surface area contributed by atoms with Gasteiger partial charge in [0.05, 0.1) is 7.11 Å². The van der Waals surface area contributed by atoms with Gasteiger partial charge in [0.15, 0.2) is 0 Å². The van der Waals surface area contributed by atoms with Crippen molar-refractivity contribution in [2.45, 2.75) is 18.9 Å². The van der Waals surface area contributed by atoms with Gasteiger partial charge >= 0.3 is 0 Å². The Hall–Kier alpha value is -0.290. The number of benzene rings is 1. The normalized spacial score (nSPS) is 17.9. The first-order valence-electron chi connectivity index (χ1n) is 5.89. The molecule has 1 fully saturated rings. The standard InChI is InChI=1S/C13H18BrNO2.ClH/c1-16-10-2-3-12(14)11(8-10)13(15)9-4-6-17-7-5-9;/h2-3,8-9,13H,4-7,15H2,1H3;1H/t13-;/m1./s1. The molecule has 0 aliphatic carbocycles. The Morgan fingerprint density at radius 2 is 2.06 bits per heavy atom. The molecular formula is C13H19BrClNO2. The molecule has 102 valence electrons. The number of nitrogens with two attached hydrogens (primary N) is 1. The van der Waals surface area contributed by atoms with Crippen molar-refractivity contribution in [2.75, 3.05) is 20.3 Å². The van der Waals surface area contributed by atoms with E-state index < -0.39 is 0 Å². The summed E-state index contributed by atoms with van der Waals surface area (Å²) >= 11 is 3.56. The second-order valence-electron chi connectivity index (χ2n) is 4.36. The summed E-state index contributed by atoms with van der Waals surface area (Å²) in [4.78, 5) is 0. The van der Waals surface area contributed by atoms with Crippen molar-refractivity contribution in [3.05, 3.63) is 28.2 Å². The van der Waals surface area contributed by atoms with Crippen LogP contribution in [-0.2, 0) is 4.74 Å². The van der Waals surface area contributed by atoms with E-state index in [2.05, 4.69) is 15.9 Å². The average molecular weight is 337 g/mol. The predicted molar refractivity (Wildman–Crippen MR) is 78.4 cm³/mol. The van der Waals surface area contributed by atoms with Crippen LogP contribution in [0.2, 0.25) is 0 Å². The van der Waals surface area contributed by atoms with Crippen molar-refractivity contribution in [1.82, 2.24) is 0 Å². The van der Waals surface area contributed by atoms with Gasteiger partial charge in [0.25, 0.3) is 0 Å². The molecule has 1 saturated heterocycles. The largest absolute Gasteiger partial charge is 0.497 e. The first-order chi connectivity index (χ1) is 8.22. The van der Waals surface area contributed by atoms with Crippen LogP contribution >= 0.6 is 28.3 Å². The zero-order valence-corrected chi connectivity index (χ0v) is 12.8. The summed E-state index contributed by atoms with van der Waals surface area (Å²) in [7, 11) is 1.67. The highest BCUT2D eigenvalue weighted by Gasteiger charge is 2.24. The van der Waals surface area contributed by atoms with Crippen molar-refractivity contribution in [3.8, 4) is 5.75 Å². The topological polar surface area (TPSA) is 44.5 Å². The van der Waals surface area contributed by atoms with E-state index in [0.717, 1.165) is 41.8 Å². The molecule has 2 N–H and O–H groups in total. The van der Waals surface area contributed by atoms with Crippen molar-refractivity contribution >= 4 is 28.3 Å². The fourth-order valence-corrected chi connectivity index (χ4v) is 2.74. The highest BCUT2D eigenvalue weighted by molar-refractivity contribution is 9.10. The quantitative estimate of drug-likeness (QED) is 0.921. The summed E-state index contributed by atoms with van der Waals surface area (Å²) < 4.78 is 11.7. The summed E-state index contributed by atoms with van der Waals surface area (Å²) in [6.07, 6.45) is 2.07. The molecule has 3 nitrogen and oxygen atoms in total. The molecule has 18 heavy (non-hydrogen) atoms. The Labute approximate surface area is 123 Å². The molecule has 0 bridgehead atoms. The van der Waals surface area contributed by atoms with Gasteiger partial charge in [-0.2, -0.15) is 0 Å². The SMILES string of the molecule is COc1ccc(Br)c([C@H](N)C2CCOCC2)c1.Cl. The first kappa shape index (κ1) is 15.8.